The van der Waals surface area contributed by atoms with Crippen LogP contribution in [0.2, 0.25) is 0 Å². The number of carbonyl (C=O) groups is 4. The average molecular weight is 591 g/mol. The van der Waals surface area contributed by atoms with Gasteiger partial charge in [-0.15, -0.1) is 11.8 Å². The molecule has 1 saturated carbocycles. The number of nitrogens with zero attached hydrogens (tertiary/aromatic N) is 1. The first-order valence-electron chi connectivity index (χ1n) is 11.7. The Kier molecular flexibility index (Phi) is 8.52. The quantitative estimate of drug-likeness (QED) is 0.269. The van der Waals surface area contributed by atoms with Crippen LogP contribution in [0.25, 0.3) is 0 Å². The molecular formula is C24H26Cl3N3O6S. The number of alkyl halides is 3. The first-order chi connectivity index (χ1) is 17.5. The fourth-order valence-corrected chi connectivity index (χ4v) is 5.60. The summed E-state index contributed by atoms with van der Waals surface area (Å²) in [7, 11) is 0. The van der Waals surface area contributed by atoms with Crippen molar-refractivity contribution in [3.63, 3.8) is 0 Å². The van der Waals surface area contributed by atoms with Crippen LogP contribution in [0.5, 0.6) is 0 Å². The minimum atomic E-state index is -1.79. The summed E-state index contributed by atoms with van der Waals surface area (Å²) in [5.41, 5.74) is 1.23. The van der Waals surface area contributed by atoms with Crippen LogP contribution in [-0.4, -0.2) is 62.4 Å². The number of benzene rings is 1. The minimum absolute atomic E-state index is 0.0730. The van der Waals surface area contributed by atoms with Crippen molar-refractivity contribution in [1.82, 2.24) is 15.5 Å². The lowest BCUT2D eigenvalue weighted by Gasteiger charge is -2.49. The maximum Gasteiger partial charge on any atom is 0.408 e. The molecular weight excluding hydrogens is 565 g/mol. The van der Waals surface area contributed by atoms with Gasteiger partial charge in [0, 0.05) is 5.75 Å². The number of thioether (sulfide) groups is 1. The molecule has 3 amide bonds. The normalized spacial score (nSPS) is 22.8. The third-order valence-corrected chi connectivity index (χ3v) is 8.00. The summed E-state index contributed by atoms with van der Waals surface area (Å²) >= 11 is 18.4. The number of fused-ring (bicyclic) bond motifs is 1. The van der Waals surface area contributed by atoms with Crippen molar-refractivity contribution in [2.24, 2.45) is 5.92 Å². The third kappa shape index (κ3) is 6.66. The van der Waals surface area contributed by atoms with E-state index in [-0.39, 0.29) is 11.8 Å². The van der Waals surface area contributed by atoms with Gasteiger partial charge in [0.2, 0.25) is 9.70 Å². The summed E-state index contributed by atoms with van der Waals surface area (Å²) in [4.78, 5) is 52.9. The summed E-state index contributed by atoms with van der Waals surface area (Å²) in [6.07, 6.45) is 1.04. The van der Waals surface area contributed by atoms with Crippen LogP contribution >= 0.6 is 46.6 Å². The molecule has 1 aromatic rings. The smallest absolute Gasteiger partial charge is 0.408 e. The Bertz CT molecular complexity index is 1110. The van der Waals surface area contributed by atoms with Crippen LogP contribution < -0.4 is 10.6 Å². The highest BCUT2D eigenvalue weighted by Crippen LogP contribution is 2.41. The largest absolute Gasteiger partial charge is 0.456 e. The molecule has 1 saturated heterocycles. The van der Waals surface area contributed by atoms with Crippen molar-refractivity contribution < 1.29 is 28.7 Å². The van der Waals surface area contributed by atoms with Crippen molar-refractivity contribution in [1.29, 1.82) is 0 Å². The standard InChI is InChI=1S/C24H26Cl3N3O6S/c1-12-10-37-21-17(20(32)30(21)18(12)22(33)35-11-24(25,26)27)28-19(31)16(15-6-4-3-5-7-15)29-23(34)36-13(2)14-8-9-14/h3-7,13-14,16-17,21H,8-11H2,1-2H3,(H,28,31)(H,29,34)/t13?,16?,17?,21-/m1/s1. The first kappa shape index (κ1) is 27.9. The van der Waals surface area contributed by atoms with Crippen molar-refractivity contribution in [2.45, 2.75) is 54.0 Å². The predicted molar refractivity (Wildman–Crippen MR) is 140 cm³/mol. The van der Waals surface area contributed by atoms with E-state index < -0.39 is 51.7 Å². The van der Waals surface area contributed by atoms with Gasteiger partial charge in [0.1, 0.15) is 35.9 Å². The summed E-state index contributed by atoms with van der Waals surface area (Å²) in [5.74, 6) is -1.08. The molecule has 9 nitrogen and oxygen atoms in total. The molecule has 2 heterocycles. The molecule has 37 heavy (non-hydrogen) atoms. The highest BCUT2D eigenvalue weighted by atomic mass is 35.6. The first-order valence-corrected chi connectivity index (χ1v) is 13.9. The number of carbonyl (C=O) groups excluding carboxylic acids is 4. The number of β-lactam (4-membered cyclic amide) rings is 1. The molecule has 0 aromatic heterocycles. The van der Waals surface area contributed by atoms with Gasteiger partial charge >= 0.3 is 12.1 Å². The molecule has 1 aromatic carbocycles. The summed E-state index contributed by atoms with van der Waals surface area (Å²) in [6.45, 7) is 3.05. The Balaban J connectivity index is 1.44. The topological polar surface area (TPSA) is 114 Å². The molecule has 2 fully saturated rings. The lowest BCUT2D eigenvalue weighted by molar-refractivity contribution is -0.153. The van der Waals surface area contributed by atoms with Crippen molar-refractivity contribution >= 4 is 70.4 Å². The van der Waals surface area contributed by atoms with E-state index in [4.69, 9.17) is 44.3 Å². The zero-order chi connectivity index (χ0) is 26.9. The molecule has 0 radical (unpaired) electrons. The van der Waals surface area contributed by atoms with E-state index >= 15 is 0 Å². The summed E-state index contributed by atoms with van der Waals surface area (Å²) in [5, 5.41) is 4.82. The van der Waals surface area contributed by atoms with E-state index in [0.29, 0.717) is 22.8 Å². The maximum atomic E-state index is 13.3. The number of nitrogens with one attached hydrogen (secondary N) is 2. The third-order valence-electron chi connectivity index (χ3n) is 6.25. The summed E-state index contributed by atoms with van der Waals surface area (Å²) < 4.78 is 8.72. The molecule has 13 heteroatoms. The van der Waals surface area contributed by atoms with Crippen LogP contribution in [0.15, 0.2) is 41.6 Å². The summed E-state index contributed by atoms with van der Waals surface area (Å²) in [6, 6.07) is 6.68. The van der Waals surface area contributed by atoms with Crippen LogP contribution in [0.3, 0.4) is 0 Å². The monoisotopic (exact) mass is 589 g/mol. The maximum absolute atomic E-state index is 13.3. The second-order valence-electron chi connectivity index (χ2n) is 9.15. The molecule has 1 aliphatic carbocycles. The highest BCUT2D eigenvalue weighted by molar-refractivity contribution is 8.00. The Morgan fingerprint density at radius 1 is 1.19 bits per heavy atom. The van der Waals surface area contributed by atoms with E-state index in [1.807, 2.05) is 6.92 Å². The van der Waals surface area contributed by atoms with Gasteiger partial charge < -0.3 is 20.1 Å². The van der Waals surface area contributed by atoms with Gasteiger partial charge in [0.05, 0.1) is 0 Å². The van der Waals surface area contributed by atoms with Crippen molar-refractivity contribution in [2.75, 3.05) is 12.4 Å². The molecule has 0 spiro atoms. The lowest BCUT2D eigenvalue weighted by atomic mass is 10.0. The number of rotatable bonds is 8. The van der Waals surface area contributed by atoms with Gasteiger partial charge in [-0.1, -0.05) is 65.1 Å². The highest BCUT2D eigenvalue weighted by Gasteiger charge is 2.54. The second kappa shape index (κ2) is 11.3. The number of amides is 3. The van der Waals surface area contributed by atoms with E-state index in [9.17, 15) is 19.2 Å². The van der Waals surface area contributed by atoms with E-state index in [2.05, 4.69) is 10.6 Å². The fourth-order valence-electron chi connectivity index (χ4n) is 4.14. The zero-order valence-electron chi connectivity index (χ0n) is 20.0. The van der Waals surface area contributed by atoms with Gasteiger partial charge in [-0.05, 0) is 43.7 Å². The molecule has 200 valence electrons. The zero-order valence-corrected chi connectivity index (χ0v) is 23.1. The number of esters is 1. The van der Waals surface area contributed by atoms with Gasteiger partial charge in [-0.25, -0.2) is 9.59 Å². The minimum Gasteiger partial charge on any atom is -0.456 e. The predicted octanol–water partition coefficient (Wildman–Crippen LogP) is 3.84. The number of hydrogen-bond donors (Lipinski definition) is 2. The van der Waals surface area contributed by atoms with Gasteiger partial charge in [-0.3, -0.25) is 14.5 Å². The van der Waals surface area contributed by atoms with Gasteiger partial charge in [0.25, 0.3) is 5.91 Å². The molecule has 3 aliphatic rings. The van der Waals surface area contributed by atoms with E-state index in [0.717, 1.165) is 12.8 Å². The lowest BCUT2D eigenvalue weighted by Crippen LogP contribution is -2.71. The Labute approximate surface area is 233 Å². The van der Waals surface area contributed by atoms with Crippen LogP contribution in [0.4, 0.5) is 4.79 Å². The Hall–Kier alpha value is -2.14. The van der Waals surface area contributed by atoms with E-state index in [1.165, 1.54) is 16.7 Å². The molecule has 3 unspecified atom stereocenters. The number of hydrogen-bond acceptors (Lipinski definition) is 7. The van der Waals surface area contributed by atoms with Crippen LogP contribution in [0.1, 0.15) is 38.3 Å². The average Bonchev–Trinajstić information content (AvgIpc) is 3.70. The molecule has 2 aliphatic heterocycles. The molecule has 4 atom stereocenters. The molecule has 2 N–H and O–H groups in total. The SMILES string of the molecule is CC1=C(C(=O)OCC(Cl)(Cl)Cl)N2C(=O)C(NC(=O)C(NC(=O)OC(C)C3CC3)c3ccccc3)[C@H]2SC1. The number of ether oxygens (including phenoxy) is 2. The Morgan fingerprint density at radius 2 is 1.86 bits per heavy atom. The Morgan fingerprint density at radius 3 is 2.49 bits per heavy atom. The number of alkyl carbamates (subject to hydrolysis) is 1. The van der Waals surface area contributed by atoms with Crippen LogP contribution in [0, 0.1) is 5.92 Å². The molecule has 4 rings (SSSR count). The number of halogens is 3. The fraction of sp³-hybridized carbons (Fsp3) is 0.500. The second-order valence-corrected chi connectivity index (χ2v) is 12.8. The van der Waals surface area contributed by atoms with Gasteiger partial charge in [-0.2, -0.15) is 0 Å². The van der Waals surface area contributed by atoms with Gasteiger partial charge in [0.15, 0.2) is 0 Å². The van der Waals surface area contributed by atoms with Crippen molar-refractivity contribution in [3.05, 3.63) is 47.2 Å². The van der Waals surface area contributed by atoms with E-state index in [1.54, 1.807) is 37.3 Å². The van der Waals surface area contributed by atoms with Crippen molar-refractivity contribution in [3.8, 4) is 0 Å². The molecule has 0 bridgehead atoms. The van der Waals surface area contributed by atoms with Crippen LogP contribution in [-0.2, 0) is 23.9 Å².